The highest BCUT2D eigenvalue weighted by atomic mass is 16.4. The van der Waals surface area contributed by atoms with Crippen LogP contribution in [0.4, 0.5) is 0 Å². The molecule has 1 fully saturated rings. The van der Waals surface area contributed by atoms with E-state index >= 15 is 0 Å². The summed E-state index contributed by atoms with van der Waals surface area (Å²) in [6, 6.07) is 9.65. The van der Waals surface area contributed by atoms with Gasteiger partial charge in [0.05, 0.1) is 0 Å². The Labute approximate surface area is 101 Å². The molecule has 1 saturated carbocycles. The van der Waals surface area contributed by atoms with Gasteiger partial charge in [0.25, 0.3) is 0 Å². The highest BCUT2D eigenvalue weighted by Gasteiger charge is 2.29. The first-order valence-corrected chi connectivity index (χ1v) is 5.92. The molecule has 1 aromatic rings. The largest absolute Gasteiger partial charge is 0.480 e. The number of carboxylic acids is 1. The number of hydrazine groups is 1. The van der Waals surface area contributed by atoms with Crippen LogP contribution in [-0.4, -0.2) is 35.2 Å². The third kappa shape index (κ3) is 3.54. The zero-order valence-electron chi connectivity index (χ0n) is 9.97. The van der Waals surface area contributed by atoms with Gasteiger partial charge in [0, 0.05) is 13.1 Å². The van der Waals surface area contributed by atoms with Gasteiger partial charge in [-0.15, -0.1) is 0 Å². The predicted molar refractivity (Wildman–Crippen MR) is 65.5 cm³/mol. The smallest absolute Gasteiger partial charge is 0.322 e. The first-order chi connectivity index (χ1) is 8.16. The third-order valence-corrected chi connectivity index (χ3v) is 3.03. The monoisotopic (exact) mass is 234 g/mol. The number of hydrogen-bond acceptors (Lipinski definition) is 3. The van der Waals surface area contributed by atoms with E-state index < -0.39 is 12.0 Å². The van der Waals surface area contributed by atoms with Crippen LogP contribution < -0.4 is 5.43 Å². The summed E-state index contributed by atoms with van der Waals surface area (Å²) < 4.78 is 0. The van der Waals surface area contributed by atoms with Crippen molar-refractivity contribution in [2.45, 2.75) is 31.3 Å². The molecule has 0 aliphatic heterocycles. The van der Waals surface area contributed by atoms with Crippen LogP contribution in [0.25, 0.3) is 0 Å². The summed E-state index contributed by atoms with van der Waals surface area (Å²) >= 11 is 0. The molecule has 0 spiro atoms. The van der Waals surface area contributed by atoms with E-state index in [0.29, 0.717) is 12.5 Å². The van der Waals surface area contributed by atoms with Crippen molar-refractivity contribution in [3.8, 4) is 0 Å². The summed E-state index contributed by atoms with van der Waals surface area (Å²) in [5.74, 6) is -0.804. The van der Waals surface area contributed by atoms with Gasteiger partial charge in [-0.1, -0.05) is 30.3 Å². The first kappa shape index (κ1) is 12.1. The Bertz CT molecular complexity index is 376. The number of aliphatic carboxylic acids is 1. The number of benzene rings is 1. The molecule has 0 saturated heterocycles. The normalized spacial score (nSPS) is 17.1. The molecule has 0 amide bonds. The van der Waals surface area contributed by atoms with Crippen molar-refractivity contribution in [3.05, 3.63) is 35.9 Å². The van der Waals surface area contributed by atoms with Crippen molar-refractivity contribution in [2.24, 2.45) is 0 Å². The van der Waals surface area contributed by atoms with Crippen LogP contribution in [-0.2, 0) is 11.2 Å². The Balaban J connectivity index is 1.94. The molecule has 2 rings (SSSR count). The van der Waals surface area contributed by atoms with Crippen LogP contribution >= 0.6 is 0 Å². The molecule has 1 atom stereocenters. The molecule has 0 unspecified atom stereocenters. The molecular weight excluding hydrogens is 216 g/mol. The van der Waals surface area contributed by atoms with E-state index in [1.807, 2.05) is 42.4 Å². The fourth-order valence-electron chi connectivity index (χ4n) is 1.85. The quantitative estimate of drug-likeness (QED) is 0.728. The van der Waals surface area contributed by atoms with Crippen LogP contribution in [0.2, 0.25) is 0 Å². The van der Waals surface area contributed by atoms with E-state index in [9.17, 15) is 9.90 Å². The number of hydrogen-bond donors (Lipinski definition) is 2. The van der Waals surface area contributed by atoms with E-state index in [1.54, 1.807) is 0 Å². The molecule has 92 valence electrons. The van der Waals surface area contributed by atoms with Gasteiger partial charge in [-0.25, -0.2) is 10.4 Å². The maximum absolute atomic E-state index is 11.2. The maximum Gasteiger partial charge on any atom is 0.322 e. The number of carbonyl (C=O) groups is 1. The van der Waals surface area contributed by atoms with Crippen molar-refractivity contribution < 1.29 is 9.90 Å². The van der Waals surface area contributed by atoms with Gasteiger partial charge in [0.2, 0.25) is 0 Å². The fourth-order valence-corrected chi connectivity index (χ4v) is 1.85. The lowest BCUT2D eigenvalue weighted by Crippen LogP contribution is -2.48. The zero-order chi connectivity index (χ0) is 12.3. The minimum absolute atomic E-state index is 0.507. The van der Waals surface area contributed by atoms with Crippen molar-refractivity contribution >= 4 is 5.97 Å². The van der Waals surface area contributed by atoms with Crippen LogP contribution in [0.3, 0.4) is 0 Å². The molecule has 1 aliphatic rings. The van der Waals surface area contributed by atoms with Gasteiger partial charge in [0.1, 0.15) is 6.04 Å². The van der Waals surface area contributed by atoms with E-state index in [0.717, 1.165) is 18.4 Å². The Morgan fingerprint density at radius 3 is 2.65 bits per heavy atom. The summed E-state index contributed by atoms with van der Waals surface area (Å²) in [4.78, 5) is 11.2. The van der Waals surface area contributed by atoms with Gasteiger partial charge in [-0.05, 0) is 24.8 Å². The summed E-state index contributed by atoms with van der Waals surface area (Å²) in [6.07, 6.45) is 2.82. The van der Waals surface area contributed by atoms with Crippen molar-refractivity contribution in [1.82, 2.24) is 10.4 Å². The standard InChI is InChI=1S/C13H18N2O2/c1-15(11-7-8-11)14-12(13(16)17)9-10-5-3-2-4-6-10/h2-6,11-12,14H,7-9H2,1H3,(H,16,17)/t12-/m0/s1. The lowest BCUT2D eigenvalue weighted by molar-refractivity contribution is -0.141. The van der Waals surface area contributed by atoms with Crippen molar-refractivity contribution in [2.75, 3.05) is 7.05 Å². The number of nitrogens with one attached hydrogen (secondary N) is 1. The molecule has 1 aromatic carbocycles. The minimum Gasteiger partial charge on any atom is -0.480 e. The van der Waals surface area contributed by atoms with E-state index in [-0.39, 0.29) is 0 Å². The second-order valence-corrected chi connectivity index (χ2v) is 4.55. The van der Waals surface area contributed by atoms with Crippen LogP contribution in [0.15, 0.2) is 30.3 Å². The Morgan fingerprint density at radius 2 is 2.12 bits per heavy atom. The number of carboxylic acid groups (broad SMARTS) is 1. The number of nitrogens with zero attached hydrogens (tertiary/aromatic N) is 1. The Hall–Kier alpha value is -1.39. The topological polar surface area (TPSA) is 52.6 Å². The summed E-state index contributed by atoms with van der Waals surface area (Å²) in [5.41, 5.74) is 4.10. The van der Waals surface area contributed by atoms with Crippen molar-refractivity contribution in [1.29, 1.82) is 0 Å². The van der Waals surface area contributed by atoms with E-state index in [4.69, 9.17) is 0 Å². The van der Waals surface area contributed by atoms with Gasteiger partial charge in [0.15, 0.2) is 0 Å². The molecule has 0 heterocycles. The van der Waals surface area contributed by atoms with Crippen LogP contribution in [0, 0.1) is 0 Å². The van der Waals surface area contributed by atoms with Gasteiger partial charge >= 0.3 is 5.97 Å². The van der Waals surface area contributed by atoms with Gasteiger partial charge in [-0.2, -0.15) is 0 Å². The van der Waals surface area contributed by atoms with Crippen LogP contribution in [0.5, 0.6) is 0 Å². The molecule has 0 radical (unpaired) electrons. The van der Waals surface area contributed by atoms with Crippen LogP contribution in [0.1, 0.15) is 18.4 Å². The molecule has 4 heteroatoms. The molecule has 0 aromatic heterocycles. The number of rotatable bonds is 6. The lowest BCUT2D eigenvalue weighted by atomic mass is 10.1. The average Bonchev–Trinajstić information content (AvgIpc) is 3.13. The van der Waals surface area contributed by atoms with E-state index in [2.05, 4.69) is 5.43 Å². The Morgan fingerprint density at radius 1 is 1.47 bits per heavy atom. The summed E-state index contributed by atoms with van der Waals surface area (Å²) in [5, 5.41) is 11.1. The maximum atomic E-state index is 11.2. The summed E-state index contributed by atoms with van der Waals surface area (Å²) in [7, 11) is 1.92. The van der Waals surface area contributed by atoms with E-state index in [1.165, 1.54) is 0 Å². The molecule has 4 nitrogen and oxygen atoms in total. The second kappa shape index (κ2) is 5.29. The minimum atomic E-state index is -0.804. The first-order valence-electron chi connectivity index (χ1n) is 5.92. The molecule has 2 N–H and O–H groups in total. The fraction of sp³-hybridized carbons (Fsp3) is 0.462. The second-order valence-electron chi connectivity index (χ2n) is 4.55. The average molecular weight is 234 g/mol. The Kier molecular flexibility index (Phi) is 3.76. The SMILES string of the molecule is CN(N[C@@H](Cc1ccccc1)C(=O)O)C1CC1. The summed E-state index contributed by atoms with van der Waals surface area (Å²) in [6.45, 7) is 0. The molecule has 1 aliphatic carbocycles. The molecule has 17 heavy (non-hydrogen) atoms. The van der Waals surface area contributed by atoms with Gasteiger partial charge < -0.3 is 5.11 Å². The zero-order valence-corrected chi connectivity index (χ0v) is 9.97. The predicted octanol–water partition coefficient (Wildman–Crippen LogP) is 1.28. The third-order valence-electron chi connectivity index (χ3n) is 3.03. The van der Waals surface area contributed by atoms with Gasteiger partial charge in [-0.3, -0.25) is 4.79 Å². The molecular formula is C13H18N2O2. The highest BCUT2D eigenvalue weighted by Crippen LogP contribution is 2.24. The van der Waals surface area contributed by atoms with Crippen molar-refractivity contribution in [3.63, 3.8) is 0 Å². The molecule has 0 bridgehead atoms. The lowest BCUT2D eigenvalue weighted by Gasteiger charge is -2.23. The highest BCUT2D eigenvalue weighted by molar-refractivity contribution is 5.73.